The molecule has 2 amide bonds. The third-order valence-electron chi connectivity index (χ3n) is 4.80. The summed E-state index contributed by atoms with van der Waals surface area (Å²) in [6.07, 6.45) is 1.96. The summed E-state index contributed by atoms with van der Waals surface area (Å²) in [6, 6.07) is 16.2. The number of amides is 2. The van der Waals surface area contributed by atoms with Crippen molar-refractivity contribution in [3.63, 3.8) is 0 Å². The zero-order valence-electron chi connectivity index (χ0n) is 15.4. The average molecular weight is 376 g/mol. The second-order valence-corrected chi connectivity index (χ2v) is 6.62. The number of ether oxygens (including phenoxy) is 1. The van der Waals surface area contributed by atoms with Crippen LogP contribution < -0.4 is 15.0 Å². The van der Waals surface area contributed by atoms with Gasteiger partial charge in [0.15, 0.2) is 0 Å². The van der Waals surface area contributed by atoms with Crippen LogP contribution in [0.3, 0.4) is 0 Å². The Labute approximate surface area is 162 Å². The Hall–Kier alpha value is -3.61. The van der Waals surface area contributed by atoms with Gasteiger partial charge >= 0.3 is 0 Å². The van der Waals surface area contributed by atoms with E-state index in [-0.39, 0.29) is 24.3 Å². The van der Waals surface area contributed by atoms with E-state index < -0.39 is 0 Å². The van der Waals surface area contributed by atoms with Gasteiger partial charge in [-0.25, -0.2) is 0 Å². The number of anilines is 1. The highest BCUT2D eigenvalue weighted by molar-refractivity contribution is 5.99. The van der Waals surface area contributed by atoms with Crippen molar-refractivity contribution in [1.29, 1.82) is 0 Å². The van der Waals surface area contributed by atoms with Gasteiger partial charge in [0.1, 0.15) is 5.75 Å². The normalized spacial score (nSPS) is 16.2. The maximum absolute atomic E-state index is 12.6. The average Bonchev–Trinajstić information content (AvgIpc) is 3.38. The van der Waals surface area contributed by atoms with Crippen molar-refractivity contribution in [1.82, 2.24) is 15.5 Å². The number of hydrogen-bond acceptors (Lipinski definition) is 4. The van der Waals surface area contributed by atoms with Crippen LogP contribution in [0.1, 0.15) is 16.8 Å². The molecule has 1 fully saturated rings. The molecule has 0 saturated carbocycles. The molecule has 4 rings (SSSR count). The number of carbonyl (C=O) groups is 2. The SMILES string of the molecule is COc1ccc(N2C[C@H](NC(=O)c3ccc(-c4ccn[nH]4)cc3)CC2=O)cc1. The first kappa shape index (κ1) is 17.8. The molecule has 0 aliphatic carbocycles. The second kappa shape index (κ2) is 7.56. The Balaban J connectivity index is 1.40. The van der Waals surface area contributed by atoms with Crippen LogP contribution in [-0.4, -0.2) is 41.7 Å². The van der Waals surface area contributed by atoms with Gasteiger partial charge in [-0.15, -0.1) is 0 Å². The maximum atomic E-state index is 12.6. The van der Waals surface area contributed by atoms with Gasteiger partial charge in [-0.3, -0.25) is 14.7 Å². The minimum Gasteiger partial charge on any atom is -0.497 e. The van der Waals surface area contributed by atoms with Gasteiger partial charge in [0.2, 0.25) is 5.91 Å². The Bertz CT molecular complexity index is 966. The molecule has 1 aliphatic heterocycles. The van der Waals surface area contributed by atoms with E-state index in [1.54, 1.807) is 30.3 Å². The summed E-state index contributed by atoms with van der Waals surface area (Å²) in [5.74, 6) is 0.537. The number of nitrogens with zero attached hydrogens (tertiary/aromatic N) is 2. The molecule has 1 atom stereocenters. The number of nitrogens with one attached hydrogen (secondary N) is 2. The summed E-state index contributed by atoms with van der Waals surface area (Å²) < 4.78 is 5.15. The van der Waals surface area contributed by atoms with Crippen molar-refractivity contribution in [3.8, 4) is 17.0 Å². The van der Waals surface area contributed by atoms with Crippen LogP contribution in [0.4, 0.5) is 5.69 Å². The van der Waals surface area contributed by atoms with E-state index in [2.05, 4.69) is 15.5 Å². The van der Waals surface area contributed by atoms with Crippen LogP contribution in [0, 0.1) is 0 Å². The topological polar surface area (TPSA) is 87.3 Å². The number of aromatic amines is 1. The molecule has 3 aromatic rings. The summed E-state index contributed by atoms with van der Waals surface area (Å²) in [5.41, 5.74) is 3.20. The van der Waals surface area contributed by atoms with E-state index in [0.29, 0.717) is 12.1 Å². The molecule has 2 aromatic carbocycles. The summed E-state index contributed by atoms with van der Waals surface area (Å²) in [4.78, 5) is 26.6. The zero-order valence-corrected chi connectivity index (χ0v) is 15.4. The van der Waals surface area contributed by atoms with Gasteiger partial charge in [-0.05, 0) is 48.0 Å². The molecule has 2 heterocycles. The number of benzene rings is 2. The summed E-state index contributed by atoms with van der Waals surface area (Å²) in [6.45, 7) is 0.448. The third kappa shape index (κ3) is 3.59. The fourth-order valence-electron chi connectivity index (χ4n) is 3.30. The lowest BCUT2D eigenvalue weighted by molar-refractivity contribution is -0.117. The molecule has 7 nitrogen and oxygen atoms in total. The number of rotatable bonds is 5. The van der Waals surface area contributed by atoms with Crippen molar-refractivity contribution in [2.75, 3.05) is 18.6 Å². The van der Waals surface area contributed by atoms with Crippen molar-refractivity contribution < 1.29 is 14.3 Å². The third-order valence-corrected chi connectivity index (χ3v) is 4.80. The lowest BCUT2D eigenvalue weighted by Gasteiger charge is -2.17. The van der Waals surface area contributed by atoms with Crippen LogP contribution in [-0.2, 0) is 4.79 Å². The van der Waals surface area contributed by atoms with E-state index in [0.717, 1.165) is 22.7 Å². The minimum absolute atomic E-state index is 0.00920. The monoisotopic (exact) mass is 376 g/mol. The van der Waals surface area contributed by atoms with E-state index >= 15 is 0 Å². The fraction of sp³-hybridized carbons (Fsp3) is 0.190. The van der Waals surface area contributed by atoms with E-state index in [4.69, 9.17) is 4.74 Å². The Morgan fingerprint density at radius 3 is 2.54 bits per heavy atom. The molecule has 1 aliphatic rings. The number of hydrogen-bond donors (Lipinski definition) is 2. The van der Waals surface area contributed by atoms with Gasteiger partial charge in [-0.1, -0.05) is 12.1 Å². The zero-order chi connectivity index (χ0) is 19.5. The number of H-pyrrole nitrogens is 1. The molecule has 7 heteroatoms. The van der Waals surface area contributed by atoms with Gasteiger partial charge in [0, 0.05) is 30.4 Å². The molecular weight excluding hydrogens is 356 g/mol. The first-order valence-corrected chi connectivity index (χ1v) is 8.99. The molecule has 1 saturated heterocycles. The highest BCUT2D eigenvalue weighted by Crippen LogP contribution is 2.24. The van der Waals surface area contributed by atoms with Crippen LogP contribution in [0.5, 0.6) is 5.75 Å². The van der Waals surface area contributed by atoms with Crippen LogP contribution in [0.2, 0.25) is 0 Å². The fourth-order valence-corrected chi connectivity index (χ4v) is 3.30. The predicted molar refractivity (Wildman–Crippen MR) is 105 cm³/mol. The molecule has 0 bridgehead atoms. The first-order chi connectivity index (χ1) is 13.6. The summed E-state index contributed by atoms with van der Waals surface area (Å²) >= 11 is 0. The van der Waals surface area contributed by atoms with Crippen molar-refractivity contribution in [2.45, 2.75) is 12.5 Å². The van der Waals surface area contributed by atoms with E-state index in [1.807, 2.05) is 42.5 Å². The maximum Gasteiger partial charge on any atom is 0.251 e. The van der Waals surface area contributed by atoms with Gasteiger partial charge in [-0.2, -0.15) is 5.10 Å². The number of aromatic nitrogens is 2. The lowest BCUT2D eigenvalue weighted by atomic mass is 10.1. The van der Waals surface area contributed by atoms with Crippen molar-refractivity contribution in [2.24, 2.45) is 0 Å². The minimum atomic E-state index is -0.227. The first-order valence-electron chi connectivity index (χ1n) is 8.99. The largest absolute Gasteiger partial charge is 0.497 e. The molecule has 0 radical (unpaired) electrons. The quantitative estimate of drug-likeness (QED) is 0.717. The molecule has 2 N–H and O–H groups in total. The summed E-state index contributed by atoms with van der Waals surface area (Å²) in [7, 11) is 1.60. The second-order valence-electron chi connectivity index (χ2n) is 6.62. The standard InChI is InChI=1S/C21H20N4O3/c1-28-18-8-6-17(7-9-18)25-13-16(12-20(25)26)23-21(27)15-4-2-14(3-5-15)19-10-11-22-24-19/h2-11,16H,12-13H2,1H3,(H,22,24)(H,23,27)/t16-/m1/s1. The molecule has 0 spiro atoms. The van der Waals surface area contributed by atoms with Crippen LogP contribution >= 0.6 is 0 Å². The number of carbonyl (C=O) groups excluding carboxylic acids is 2. The van der Waals surface area contributed by atoms with Gasteiger partial charge in [0.25, 0.3) is 5.91 Å². The molecular formula is C21H20N4O3. The van der Waals surface area contributed by atoms with Crippen molar-refractivity contribution in [3.05, 3.63) is 66.4 Å². The van der Waals surface area contributed by atoms with Crippen molar-refractivity contribution >= 4 is 17.5 Å². The Morgan fingerprint density at radius 1 is 1.14 bits per heavy atom. The Kier molecular flexibility index (Phi) is 4.80. The van der Waals surface area contributed by atoms with Crippen LogP contribution in [0.15, 0.2) is 60.8 Å². The molecule has 142 valence electrons. The van der Waals surface area contributed by atoms with Gasteiger partial charge < -0.3 is 15.0 Å². The smallest absolute Gasteiger partial charge is 0.251 e. The van der Waals surface area contributed by atoms with Crippen LogP contribution in [0.25, 0.3) is 11.3 Å². The molecule has 0 unspecified atom stereocenters. The predicted octanol–water partition coefficient (Wildman–Crippen LogP) is 2.62. The lowest BCUT2D eigenvalue weighted by Crippen LogP contribution is -2.37. The summed E-state index contributed by atoms with van der Waals surface area (Å²) in [5, 5.41) is 9.77. The highest BCUT2D eigenvalue weighted by Gasteiger charge is 2.31. The Morgan fingerprint density at radius 2 is 1.89 bits per heavy atom. The van der Waals surface area contributed by atoms with E-state index in [1.165, 1.54) is 0 Å². The molecule has 1 aromatic heterocycles. The highest BCUT2D eigenvalue weighted by atomic mass is 16.5. The van der Waals surface area contributed by atoms with Gasteiger partial charge in [0.05, 0.1) is 18.8 Å². The number of methoxy groups -OCH3 is 1. The molecule has 28 heavy (non-hydrogen) atoms. The van der Waals surface area contributed by atoms with E-state index in [9.17, 15) is 9.59 Å².